The van der Waals surface area contributed by atoms with E-state index in [1.807, 2.05) is 0 Å². The molecule has 3 aromatic rings. The number of rotatable bonds is 4. The summed E-state index contributed by atoms with van der Waals surface area (Å²) in [4.78, 5) is 40.0. The molecule has 0 radical (unpaired) electrons. The number of nitrogens with zero attached hydrogens (tertiary/aromatic N) is 2. The maximum absolute atomic E-state index is 14.4. The van der Waals surface area contributed by atoms with E-state index in [4.69, 9.17) is 58.0 Å². The van der Waals surface area contributed by atoms with Crippen LogP contribution in [0.1, 0.15) is 36.6 Å². The molecule has 0 N–H and O–H groups in total. The summed E-state index contributed by atoms with van der Waals surface area (Å²) in [5.74, 6) is -3.32. The molecule has 168 valence electrons. The third kappa shape index (κ3) is 4.07. The van der Waals surface area contributed by atoms with Crippen LogP contribution >= 0.6 is 58.0 Å². The van der Waals surface area contributed by atoms with Gasteiger partial charge in [-0.3, -0.25) is 14.4 Å². The Morgan fingerprint density at radius 1 is 0.788 bits per heavy atom. The van der Waals surface area contributed by atoms with Crippen LogP contribution in [0, 0.1) is 5.82 Å². The summed E-state index contributed by atoms with van der Waals surface area (Å²) in [6.07, 6.45) is 0. The van der Waals surface area contributed by atoms with Gasteiger partial charge >= 0.3 is 0 Å². The van der Waals surface area contributed by atoms with Crippen molar-refractivity contribution in [3.63, 3.8) is 0 Å². The highest BCUT2D eigenvalue weighted by atomic mass is 35.5. The topological polar surface area (TPSA) is 57.7 Å². The Kier molecular flexibility index (Phi) is 6.58. The zero-order valence-corrected chi connectivity index (χ0v) is 20.0. The first-order valence-electron chi connectivity index (χ1n) is 9.19. The molecule has 11 heteroatoms. The van der Waals surface area contributed by atoms with Gasteiger partial charge in [0.25, 0.3) is 17.7 Å². The number of hydrogen-bond donors (Lipinski definition) is 0. The number of carbonyl (C=O) groups excluding carboxylic acids is 3. The van der Waals surface area contributed by atoms with Gasteiger partial charge in [0.05, 0.1) is 37.8 Å². The van der Waals surface area contributed by atoms with Crippen molar-refractivity contribution in [2.75, 3.05) is 0 Å². The lowest BCUT2D eigenvalue weighted by Crippen LogP contribution is -2.49. The molecule has 0 aliphatic carbocycles. The highest BCUT2D eigenvalue weighted by Gasteiger charge is 2.46. The summed E-state index contributed by atoms with van der Waals surface area (Å²) in [6, 6.07) is 11.4. The van der Waals surface area contributed by atoms with E-state index in [1.165, 1.54) is 42.5 Å². The van der Waals surface area contributed by atoms with E-state index in [0.29, 0.717) is 10.0 Å². The smallest absolute Gasteiger partial charge is 0.267 e. The molecule has 0 saturated heterocycles. The molecule has 0 fully saturated rings. The van der Waals surface area contributed by atoms with Gasteiger partial charge in [-0.25, -0.2) is 9.40 Å². The average Bonchev–Trinajstić information content (AvgIpc) is 3.06. The van der Waals surface area contributed by atoms with Gasteiger partial charge in [0, 0.05) is 16.1 Å². The van der Waals surface area contributed by atoms with Crippen molar-refractivity contribution in [3.8, 4) is 0 Å². The third-order valence-electron chi connectivity index (χ3n) is 4.92. The fourth-order valence-electron chi connectivity index (χ4n) is 3.32. The van der Waals surface area contributed by atoms with Crippen LogP contribution in [0.4, 0.5) is 4.39 Å². The highest BCUT2D eigenvalue weighted by Crippen LogP contribution is 2.45. The van der Waals surface area contributed by atoms with Gasteiger partial charge < -0.3 is 0 Å². The van der Waals surface area contributed by atoms with Crippen LogP contribution in [0.15, 0.2) is 48.5 Å². The molecule has 0 bridgehead atoms. The number of fused-ring (bicyclic) bond motifs is 1. The molecule has 0 saturated carbocycles. The minimum Gasteiger partial charge on any atom is -0.267 e. The maximum atomic E-state index is 14.4. The van der Waals surface area contributed by atoms with Crippen molar-refractivity contribution in [1.82, 2.24) is 10.0 Å². The lowest BCUT2D eigenvalue weighted by molar-refractivity contribution is 0.000558. The summed E-state index contributed by atoms with van der Waals surface area (Å²) in [5, 5.41) is 0.734. The second-order valence-corrected chi connectivity index (χ2v) is 8.84. The van der Waals surface area contributed by atoms with E-state index in [2.05, 4.69) is 0 Å². The predicted octanol–water partition coefficient (Wildman–Crippen LogP) is 6.95. The largest absolute Gasteiger partial charge is 0.282 e. The number of benzene rings is 3. The van der Waals surface area contributed by atoms with Gasteiger partial charge in [0.1, 0.15) is 5.82 Å². The summed E-state index contributed by atoms with van der Waals surface area (Å²) >= 11 is 30.4. The summed E-state index contributed by atoms with van der Waals surface area (Å²) in [7, 11) is 0. The van der Waals surface area contributed by atoms with E-state index >= 15 is 0 Å². The molecular formula is C22H10Cl5FN2O3. The van der Waals surface area contributed by atoms with Crippen molar-refractivity contribution in [1.29, 1.82) is 0 Å². The molecular weight excluding hydrogens is 537 g/mol. The molecule has 0 aromatic heterocycles. The van der Waals surface area contributed by atoms with Crippen LogP contribution in [0.3, 0.4) is 0 Å². The Labute approximate surface area is 212 Å². The second kappa shape index (κ2) is 9.12. The number of hydrogen-bond acceptors (Lipinski definition) is 3. The highest BCUT2D eigenvalue weighted by molar-refractivity contribution is 6.55. The van der Waals surface area contributed by atoms with Crippen LogP contribution in [-0.2, 0) is 6.54 Å². The summed E-state index contributed by atoms with van der Waals surface area (Å²) in [6.45, 7) is -0.448. The van der Waals surface area contributed by atoms with Crippen LogP contribution < -0.4 is 0 Å². The summed E-state index contributed by atoms with van der Waals surface area (Å²) < 4.78 is 14.4. The molecule has 1 aliphatic heterocycles. The lowest BCUT2D eigenvalue weighted by Gasteiger charge is -2.30. The van der Waals surface area contributed by atoms with Gasteiger partial charge in [-0.15, -0.1) is 0 Å². The van der Waals surface area contributed by atoms with Crippen molar-refractivity contribution < 1.29 is 18.8 Å². The first-order valence-corrected chi connectivity index (χ1v) is 11.1. The van der Waals surface area contributed by atoms with Gasteiger partial charge in [0.2, 0.25) is 0 Å². The normalized spacial score (nSPS) is 12.8. The Morgan fingerprint density at radius 3 is 1.82 bits per heavy atom. The first-order chi connectivity index (χ1) is 15.6. The number of halogens is 6. The zero-order chi connectivity index (χ0) is 24.0. The first kappa shape index (κ1) is 23.8. The maximum Gasteiger partial charge on any atom is 0.282 e. The molecule has 1 aliphatic rings. The van der Waals surface area contributed by atoms with Crippen molar-refractivity contribution in [2.24, 2.45) is 0 Å². The number of imide groups is 1. The monoisotopic (exact) mass is 544 g/mol. The van der Waals surface area contributed by atoms with Crippen molar-refractivity contribution >= 4 is 75.7 Å². The van der Waals surface area contributed by atoms with Crippen LogP contribution in [0.5, 0.6) is 0 Å². The molecule has 1 heterocycles. The number of hydrazine groups is 1. The van der Waals surface area contributed by atoms with E-state index in [1.54, 1.807) is 6.07 Å². The number of amides is 3. The molecule has 5 nitrogen and oxygen atoms in total. The fraction of sp³-hybridized carbons (Fsp3) is 0.0455. The van der Waals surface area contributed by atoms with Crippen LogP contribution in [0.25, 0.3) is 0 Å². The Bertz CT molecular complexity index is 1280. The third-order valence-corrected chi connectivity index (χ3v) is 6.98. The summed E-state index contributed by atoms with van der Waals surface area (Å²) in [5.41, 5.74) is -0.447. The molecule has 33 heavy (non-hydrogen) atoms. The molecule has 0 atom stereocenters. The fourth-order valence-corrected chi connectivity index (χ4v) is 4.46. The van der Waals surface area contributed by atoms with Crippen molar-refractivity contribution in [2.45, 2.75) is 6.54 Å². The second-order valence-electron chi connectivity index (χ2n) is 6.89. The minimum atomic E-state index is -0.959. The van der Waals surface area contributed by atoms with Gasteiger partial charge in [-0.05, 0) is 30.3 Å². The van der Waals surface area contributed by atoms with Gasteiger partial charge in [-0.1, -0.05) is 76.2 Å². The van der Waals surface area contributed by atoms with Gasteiger partial charge in [-0.2, -0.15) is 5.01 Å². The lowest BCUT2D eigenvalue weighted by atomic mass is 10.1. The predicted molar refractivity (Wildman–Crippen MR) is 125 cm³/mol. The number of carbonyl (C=O) groups is 3. The van der Waals surface area contributed by atoms with E-state index in [-0.39, 0.29) is 42.3 Å². The molecule has 3 aromatic carbocycles. The van der Waals surface area contributed by atoms with E-state index in [9.17, 15) is 18.8 Å². The minimum absolute atomic E-state index is 0.0598. The van der Waals surface area contributed by atoms with Crippen molar-refractivity contribution in [3.05, 3.63) is 102 Å². The average molecular weight is 547 g/mol. The molecule has 0 spiro atoms. The Balaban J connectivity index is 1.86. The quantitative estimate of drug-likeness (QED) is 0.202. The molecule has 4 rings (SSSR count). The zero-order valence-electron chi connectivity index (χ0n) is 16.2. The SMILES string of the molecule is O=C(c1ccc(Cl)cc1)N(Cc1ccccc1F)N1C(=O)c2c(Cl)c(Cl)c(Cl)c(Cl)c2C1=O. The standard InChI is InChI=1S/C22H10Cl5FN2O3/c23-12-7-5-10(6-8-12)20(31)29(9-11-3-1-2-4-13(11)28)30-21(32)14-15(22(30)33)17(25)19(27)18(26)16(14)24/h1-8H,9H2. The molecule has 3 amide bonds. The molecule has 0 unspecified atom stereocenters. The van der Waals surface area contributed by atoms with Crippen LogP contribution in [0.2, 0.25) is 25.1 Å². The van der Waals surface area contributed by atoms with E-state index in [0.717, 1.165) is 5.01 Å². The van der Waals surface area contributed by atoms with Gasteiger partial charge in [0.15, 0.2) is 0 Å². The Hall–Kier alpha value is -2.35. The Morgan fingerprint density at radius 2 is 1.30 bits per heavy atom. The van der Waals surface area contributed by atoms with Crippen LogP contribution in [-0.4, -0.2) is 27.7 Å². The van der Waals surface area contributed by atoms with E-state index < -0.39 is 30.1 Å².